The lowest BCUT2D eigenvalue weighted by Crippen LogP contribution is -2.38. The van der Waals surface area contributed by atoms with Gasteiger partial charge in [-0.15, -0.1) is 0 Å². The average Bonchev–Trinajstić information content (AvgIpc) is 2.39. The molecule has 1 aromatic carbocycles. The van der Waals surface area contributed by atoms with Gasteiger partial charge in [0.1, 0.15) is 0 Å². The Hall–Kier alpha value is -0.390. The van der Waals surface area contributed by atoms with E-state index in [9.17, 15) is 8.42 Å². The van der Waals surface area contributed by atoms with Gasteiger partial charge >= 0.3 is 0 Å². The van der Waals surface area contributed by atoms with E-state index >= 15 is 0 Å². The Morgan fingerprint density at radius 2 is 1.84 bits per heavy atom. The lowest BCUT2D eigenvalue weighted by molar-refractivity contribution is 0.303. The molecular formula is C14H20BrNO2S. The van der Waals surface area contributed by atoms with Gasteiger partial charge in [-0.05, 0) is 53.7 Å². The maximum atomic E-state index is 12.4. The van der Waals surface area contributed by atoms with E-state index in [4.69, 9.17) is 0 Å². The van der Waals surface area contributed by atoms with Gasteiger partial charge in [0.05, 0.1) is 4.90 Å². The van der Waals surface area contributed by atoms with E-state index in [0.717, 1.165) is 12.8 Å². The molecule has 2 rings (SSSR count). The third-order valence-corrected chi connectivity index (χ3v) is 6.40. The second-order valence-corrected chi connectivity index (χ2v) is 7.78. The van der Waals surface area contributed by atoms with Crippen molar-refractivity contribution in [1.82, 2.24) is 4.72 Å². The highest BCUT2D eigenvalue weighted by Crippen LogP contribution is 2.28. The zero-order chi connectivity index (χ0) is 13.9. The van der Waals surface area contributed by atoms with Crippen molar-refractivity contribution in [2.75, 3.05) is 0 Å². The fraction of sp³-hybridized carbons (Fsp3) is 0.571. The van der Waals surface area contributed by atoms with Crippen LogP contribution in [-0.4, -0.2) is 14.5 Å². The summed E-state index contributed by atoms with van der Waals surface area (Å²) in [6, 6.07) is 6.93. The monoisotopic (exact) mass is 345 g/mol. The maximum Gasteiger partial charge on any atom is 0.241 e. The molecule has 0 unspecified atom stereocenters. The molecule has 1 aliphatic carbocycles. The summed E-state index contributed by atoms with van der Waals surface area (Å²) in [4.78, 5) is 0.317. The third kappa shape index (κ3) is 3.80. The van der Waals surface area contributed by atoms with Crippen molar-refractivity contribution < 1.29 is 8.42 Å². The summed E-state index contributed by atoms with van der Waals surface area (Å²) >= 11 is 3.30. The van der Waals surface area contributed by atoms with Crippen LogP contribution in [0.25, 0.3) is 0 Å². The van der Waals surface area contributed by atoms with Crippen LogP contribution in [0.1, 0.15) is 39.0 Å². The molecular weight excluding hydrogens is 326 g/mol. The second-order valence-electron chi connectivity index (χ2n) is 5.24. The van der Waals surface area contributed by atoms with Crippen LogP contribution in [0.2, 0.25) is 0 Å². The number of hydrogen-bond donors (Lipinski definition) is 1. The minimum atomic E-state index is -3.44. The van der Waals surface area contributed by atoms with Crippen molar-refractivity contribution in [2.45, 2.75) is 50.0 Å². The molecule has 1 aromatic rings. The predicted octanol–water partition coefficient (Wildman–Crippen LogP) is 3.70. The molecule has 1 N–H and O–H groups in total. The lowest BCUT2D eigenvalue weighted by Gasteiger charge is -2.28. The SMILES string of the molecule is C[C@H](NS(=O)(=O)c1ccccc1Br)C1CCCCC1. The average molecular weight is 346 g/mol. The highest BCUT2D eigenvalue weighted by Gasteiger charge is 2.26. The van der Waals surface area contributed by atoms with E-state index in [1.165, 1.54) is 19.3 Å². The van der Waals surface area contributed by atoms with Crippen LogP contribution in [0.3, 0.4) is 0 Å². The van der Waals surface area contributed by atoms with Gasteiger partial charge in [0.2, 0.25) is 10.0 Å². The Balaban J connectivity index is 2.11. The molecule has 0 heterocycles. The zero-order valence-electron chi connectivity index (χ0n) is 11.1. The van der Waals surface area contributed by atoms with Crippen molar-refractivity contribution in [3.63, 3.8) is 0 Å². The van der Waals surface area contributed by atoms with Gasteiger partial charge < -0.3 is 0 Å². The van der Waals surface area contributed by atoms with Crippen molar-refractivity contribution in [2.24, 2.45) is 5.92 Å². The molecule has 3 nitrogen and oxygen atoms in total. The fourth-order valence-electron chi connectivity index (χ4n) is 2.70. The van der Waals surface area contributed by atoms with Crippen molar-refractivity contribution in [3.05, 3.63) is 28.7 Å². The molecule has 5 heteroatoms. The molecule has 19 heavy (non-hydrogen) atoms. The standard InChI is InChI=1S/C14H20BrNO2S/c1-11(12-7-3-2-4-8-12)16-19(17,18)14-10-6-5-9-13(14)15/h5-6,9-12,16H,2-4,7-8H2,1H3/t11-/m0/s1. The smallest absolute Gasteiger partial charge is 0.208 e. The molecule has 106 valence electrons. The van der Waals surface area contributed by atoms with Crippen molar-refractivity contribution >= 4 is 26.0 Å². The molecule has 0 amide bonds. The van der Waals surface area contributed by atoms with Gasteiger partial charge in [0, 0.05) is 10.5 Å². The number of benzene rings is 1. The van der Waals surface area contributed by atoms with E-state index in [-0.39, 0.29) is 6.04 Å². The Morgan fingerprint density at radius 1 is 1.21 bits per heavy atom. The van der Waals surface area contributed by atoms with Crippen LogP contribution < -0.4 is 4.72 Å². The number of rotatable bonds is 4. The Kier molecular flexibility index (Phi) is 5.03. The molecule has 1 saturated carbocycles. The number of sulfonamides is 1. The van der Waals surface area contributed by atoms with Crippen LogP contribution >= 0.6 is 15.9 Å². The van der Waals surface area contributed by atoms with Crippen LogP contribution in [-0.2, 0) is 10.0 Å². The summed E-state index contributed by atoms with van der Waals surface area (Å²) < 4.78 is 28.2. The fourth-order valence-corrected chi connectivity index (χ4v) is 5.02. The number of halogens is 1. The first-order valence-corrected chi connectivity index (χ1v) is 9.05. The van der Waals surface area contributed by atoms with Crippen LogP contribution in [0.4, 0.5) is 0 Å². The molecule has 1 fully saturated rings. The van der Waals surface area contributed by atoms with Crippen LogP contribution in [0.5, 0.6) is 0 Å². The first-order valence-electron chi connectivity index (χ1n) is 6.77. The van der Waals surface area contributed by atoms with Gasteiger partial charge in [-0.2, -0.15) is 0 Å². The summed E-state index contributed by atoms with van der Waals surface area (Å²) in [7, 11) is -3.44. The topological polar surface area (TPSA) is 46.2 Å². The first kappa shape index (κ1) is 15.0. The third-order valence-electron chi connectivity index (χ3n) is 3.82. The van der Waals surface area contributed by atoms with E-state index in [0.29, 0.717) is 15.3 Å². The molecule has 1 aliphatic rings. The molecule has 1 atom stereocenters. The van der Waals surface area contributed by atoms with Gasteiger partial charge in [-0.3, -0.25) is 0 Å². The zero-order valence-corrected chi connectivity index (χ0v) is 13.5. The number of nitrogens with one attached hydrogen (secondary N) is 1. The Labute approximate surface area is 124 Å². The second kappa shape index (κ2) is 6.37. The molecule has 0 spiro atoms. The highest BCUT2D eigenvalue weighted by atomic mass is 79.9. The normalized spacial score (nSPS) is 19.3. The quantitative estimate of drug-likeness (QED) is 0.904. The first-order chi connectivity index (χ1) is 9.00. The van der Waals surface area contributed by atoms with Crippen molar-refractivity contribution in [3.8, 4) is 0 Å². The van der Waals surface area contributed by atoms with E-state index in [2.05, 4.69) is 20.7 Å². The largest absolute Gasteiger partial charge is 0.241 e. The maximum absolute atomic E-state index is 12.4. The predicted molar refractivity (Wildman–Crippen MR) is 80.5 cm³/mol. The van der Waals surface area contributed by atoms with Gasteiger partial charge in [-0.25, -0.2) is 13.1 Å². The van der Waals surface area contributed by atoms with Crippen molar-refractivity contribution in [1.29, 1.82) is 0 Å². The van der Waals surface area contributed by atoms with E-state index in [1.807, 2.05) is 13.0 Å². The molecule has 0 aliphatic heterocycles. The van der Waals surface area contributed by atoms with E-state index in [1.54, 1.807) is 18.2 Å². The summed E-state index contributed by atoms with van der Waals surface area (Å²) in [5.74, 6) is 0.464. The molecule has 0 radical (unpaired) electrons. The number of hydrogen-bond acceptors (Lipinski definition) is 2. The summed E-state index contributed by atoms with van der Waals surface area (Å²) in [6.45, 7) is 1.98. The van der Waals surface area contributed by atoms with Gasteiger partial charge in [0.25, 0.3) is 0 Å². The summed E-state index contributed by atoms with van der Waals surface area (Å²) in [6.07, 6.45) is 5.96. The van der Waals surface area contributed by atoms with Gasteiger partial charge in [0.15, 0.2) is 0 Å². The van der Waals surface area contributed by atoms with Crippen LogP contribution in [0, 0.1) is 5.92 Å². The molecule has 0 aromatic heterocycles. The van der Waals surface area contributed by atoms with Crippen LogP contribution in [0.15, 0.2) is 33.6 Å². The Morgan fingerprint density at radius 3 is 2.47 bits per heavy atom. The molecule has 0 saturated heterocycles. The minimum Gasteiger partial charge on any atom is -0.208 e. The van der Waals surface area contributed by atoms with Gasteiger partial charge in [-0.1, -0.05) is 31.4 Å². The Bertz CT molecular complexity index is 524. The highest BCUT2D eigenvalue weighted by molar-refractivity contribution is 9.10. The summed E-state index contributed by atoms with van der Waals surface area (Å²) in [5, 5.41) is 0. The summed E-state index contributed by atoms with van der Waals surface area (Å²) in [5.41, 5.74) is 0. The minimum absolute atomic E-state index is 0.00240. The van der Waals surface area contributed by atoms with E-state index < -0.39 is 10.0 Å². The lowest BCUT2D eigenvalue weighted by atomic mass is 9.85. The molecule has 0 bridgehead atoms.